The summed E-state index contributed by atoms with van der Waals surface area (Å²) in [5.41, 5.74) is 0. The molecular weight excluding hydrogens is 268 g/mol. The summed E-state index contributed by atoms with van der Waals surface area (Å²) in [5.74, 6) is 0.182. The van der Waals surface area contributed by atoms with Gasteiger partial charge in [0.15, 0.2) is 0 Å². The standard InChI is InChI=1S/C12H24N2O4S/c1-3-5-10-19(16,17)13-11-6-8-14(9-7-11)12(15)18-4-2/h11,13H,3-10H2,1-2H3. The van der Waals surface area contributed by atoms with E-state index in [9.17, 15) is 13.2 Å². The van der Waals surface area contributed by atoms with Gasteiger partial charge < -0.3 is 9.64 Å². The molecule has 0 unspecified atom stereocenters. The van der Waals surface area contributed by atoms with Gasteiger partial charge in [-0.05, 0) is 26.2 Å². The predicted octanol–water partition coefficient (Wildman–Crippen LogP) is 1.33. The summed E-state index contributed by atoms with van der Waals surface area (Å²) in [4.78, 5) is 13.1. The molecule has 6 nitrogen and oxygen atoms in total. The normalized spacial score (nSPS) is 17.5. The van der Waals surface area contributed by atoms with Crippen LogP contribution in [0.1, 0.15) is 39.5 Å². The molecule has 1 saturated heterocycles. The molecule has 0 radical (unpaired) electrons. The van der Waals surface area contributed by atoms with Gasteiger partial charge >= 0.3 is 6.09 Å². The van der Waals surface area contributed by atoms with Crippen molar-refractivity contribution >= 4 is 16.1 Å². The lowest BCUT2D eigenvalue weighted by Crippen LogP contribution is -2.47. The smallest absolute Gasteiger partial charge is 0.409 e. The van der Waals surface area contributed by atoms with E-state index in [1.807, 2.05) is 6.92 Å². The predicted molar refractivity (Wildman–Crippen MR) is 73.4 cm³/mol. The zero-order chi connectivity index (χ0) is 14.3. The van der Waals surface area contributed by atoms with Gasteiger partial charge in [0.1, 0.15) is 0 Å². The molecule has 0 atom stereocenters. The summed E-state index contributed by atoms with van der Waals surface area (Å²) < 4.78 is 31.2. The first-order chi connectivity index (χ1) is 8.98. The highest BCUT2D eigenvalue weighted by Crippen LogP contribution is 2.12. The number of sulfonamides is 1. The number of ether oxygens (including phenoxy) is 1. The minimum absolute atomic E-state index is 0.0625. The van der Waals surface area contributed by atoms with Crippen molar-refractivity contribution in [1.82, 2.24) is 9.62 Å². The van der Waals surface area contributed by atoms with Crippen molar-refractivity contribution in [3.8, 4) is 0 Å². The summed E-state index contributed by atoms with van der Waals surface area (Å²) in [5, 5.41) is 0. The van der Waals surface area contributed by atoms with Crippen molar-refractivity contribution in [2.24, 2.45) is 0 Å². The molecule has 0 spiro atoms. The van der Waals surface area contributed by atoms with Gasteiger partial charge in [0, 0.05) is 19.1 Å². The largest absolute Gasteiger partial charge is 0.450 e. The number of carbonyl (C=O) groups excluding carboxylic acids is 1. The number of carbonyl (C=O) groups is 1. The summed E-state index contributed by atoms with van der Waals surface area (Å²) in [7, 11) is -3.18. The van der Waals surface area contributed by atoms with Crippen molar-refractivity contribution in [3.63, 3.8) is 0 Å². The Morgan fingerprint density at radius 3 is 2.47 bits per heavy atom. The first kappa shape index (κ1) is 16.2. The minimum Gasteiger partial charge on any atom is -0.450 e. The van der Waals surface area contributed by atoms with Crippen LogP contribution in [0, 0.1) is 0 Å². The van der Waals surface area contributed by atoms with Gasteiger partial charge in [0.05, 0.1) is 12.4 Å². The molecule has 1 amide bonds. The highest BCUT2D eigenvalue weighted by atomic mass is 32.2. The van der Waals surface area contributed by atoms with Gasteiger partial charge in [0.2, 0.25) is 10.0 Å². The second-order valence-electron chi connectivity index (χ2n) is 4.75. The lowest BCUT2D eigenvalue weighted by atomic mass is 10.1. The quantitative estimate of drug-likeness (QED) is 0.801. The first-order valence-electron chi connectivity index (χ1n) is 6.90. The number of hydrogen-bond donors (Lipinski definition) is 1. The Hall–Kier alpha value is -0.820. The maximum Gasteiger partial charge on any atom is 0.409 e. The number of nitrogens with zero attached hydrogens (tertiary/aromatic N) is 1. The average molecular weight is 292 g/mol. The van der Waals surface area contributed by atoms with Crippen molar-refractivity contribution in [3.05, 3.63) is 0 Å². The molecule has 19 heavy (non-hydrogen) atoms. The summed E-state index contributed by atoms with van der Waals surface area (Å²) >= 11 is 0. The monoisotopic (exact) mass is 292 g/mol. The number of rotatable bonds is 6. The molecule has 1 fully saturated rings. The van der Waals surface area contributed by atoms with Crippen LogP contribution in [-0.2, 0) is 14.8 Å². The highest BCUT2D eigenvalue weighted by Gasteiger charge is 2.26. The lowest BCUT2D eigenvalue weighted by Gasteiger charge is -2.31. The van der Waals surface area contributed by atoms with Crippen LogP contribution in [-0.4, -0.2) is 50.9 Å². The Balaban J connectivity index is 2.36. The minimum atomic E-state index is -3.18. The van der Waals surface area contributed by atoms with Crippen LogP contribution in [0.5, 0.6) is 0 Å². The number of amides is 1. The van der Waals surface area contributed by atoms with Crippen LogP contribution in [0.2, 0.25) is 0 Å². The molecular formula is C12H24N2O4S. The maximum atomic E-state index is 11.8. The summed E-state index contributed by atoms with van der Waals surface area (Å²) in [6.07, 6.45) is 2.52. The highest BCUT2D eigenvalue weighted by molar-refractivity contribution is 7.89. The molecule has 0 aromatic carbocycles. The second-order valence-corrected chi connectivity index (χ2v) is 6.62. The van der Waals surface area contributed by atoms with E-state index in [-0.39, 0.29) is 17.9 Å². The van der Waals surface area contributed by atoms with Gasteiger partial charge in [0.25, 0.3) is 0 Å². The lowest BCUT2D eigenvalue weighted by molar-refractivity contribution is 0.0966. The maximum absolute atomic E-state index is 11.8. The molecule has 0 aliphatic carbocycles. The molecule has 0 aromatic heterocycles. The Labute approximate surface area is 115 Å². The van der Waals surface area contributed by atoms with E-state index in [4.69, 9.17) is 4.74 Å². The van der Waals surface area contributed by atoms with E-state index in [2.05, 4.69) is 4.72 Å². The molecule has 1 aliphatic heterocycles. The van der Waals surface area contributed by atoms with Crippen molar-refractivity contribution < 1.29 is 17.9 Å². The van der Waals surface area contributed by atoms with Crippen molar-refractivity contribution in [2.45, 2.75) is 45.6 Å². The molecule has 112 valence electrons. The molecule has 7 heteroatoms. The van der Waals surface area contributed by atoms with Crippen LogP contribution in [0.4, 0.5) is 4.79 Å². The van der Waals surface area contributed by atoms with Crippen LogP contribution in [0.3, 0.4) is 0 Å². The van der Waals surface area contributed by atoms with E-state index >= 15 is 0 Å². The number of nitrogens with one attached hydrogen (secondary N) is 1. The van der Waals surface area contributed by atoms with E-state index < -0.39 is 10.0 Å². The molecule has 0 saturated carbocycles. The van der Waals surface area contributed by atoms with Gasteiger partial charge in [-0.25, -0.2) is 17.9 Å². The first-order valence-corrected chi connectivity index (χ1v) is 8.55. The molecule has 1 N–H and O–H groups in total. The number of likely N-dealkylation sites (tertiary alicyclic amines) is 1. The Bertz CT molecular complexity index is 375. The molecule has 0 bridgehead atoms. The van der Waals surface area contributed by atoms with Crippen LogP contribution in [0.15, 0.2) is 0 Å². The van der Waals surface area contributed by atoms with Crippen molar-refractivity contribution in [1.29, 1.82) is 0 Å². The van der Waals surface area contributed by atoms with Gasteiger partial charge in [-0.15, -0.1) is 0 Å². The number of hydrogen-bond acceptors (Lipinski definition) is 4. The molecule has 1 aliphatic rings. The van der Waals surface area contributed by atoms with E-state index in [1.165, 1.54) is 0 Å². The zero-order valence-corrected chi connectivity index (χ0v) is 12.5. The Morgan fingerprint density at radius 2 is 1.95 bits per heavy atom. The van der Waals surface area contributed by atoms with Crippen molar-refractivity contribution in [2.75, 3.05) is 25.4 Å². The fraction of sp³-hybridized carbons (Fsp3) is 0.917. The Kier molecular flexibility index (Phi) is 6.57. The van der Waals surface area contributed by atoms with Crippen LogP contribution in [0.25, 0.3) is 0 Å². The SMILES string of the molecule is CCCCS(=O)(=O)NC1CCN(C(=O)OCC)CC1. The fourth-order valence-corrected chi connectivity index (χ4v) is 3.57. The third-order valence-corrected chi connectivity index (χ3v) is 4.65. The molecule has 0 aromatic rings. The number of unbranched alkanes of at least 4 members (excludes halogenated alkanes) is 1. The third-order valence-electron chi connectivity index (χ3n) is 3.13. The van der Waals surface area contributed by atoms with E-state index in [0.29, 0.717) is 39.0 Å². The third kappa shape index (κ3) is 5.78. The molecule has 1 rings (SSSR count). The van der Waals surface area contributed by atoms with Crippen LogP contribution >= 0.6 is 0 Å². The van der Waals surface area contributed by atoms with Gasteiger partial charge in [-0.2, -0.15) is 0 Å². The van der Waals surface area contributed by atoms with E-state index in [0.717, 1.165) is 6.42 Å². The average Bonchev–Trinajstić information content (AvgIpc) is 2.37. The Morgan fingerprint density at radius 1 is 1.32 bits per heavy atom. The fourth-order valence-electron chi connectivity index (χ4n) is 2.04. The molecule has 1 heterocycles. The number of piperidine rings is 1. The topological polar surface area (TPSA) is 75.7 Å². The van der Waals surface area contributed by atoms with E-state index in [1.54, 1.807) is 11.8 Å². The zero-order valence-electron chi connectivity index (χ0n) is 11.7. The summed E-state index contributed by atoms with van der Waals surface area (Å²) in [6.45, 7) is 5.18. The summed E-state index contributed by atoms with van der Waals surface area (Å²) in [6, 6.07) is -0.0625. The van der Waals surface area contributed by atoms with Crippen LogP contribution < -0.4 is 4.72 Å². The second kappa shape index (κ2) is 7.69. The van der Waals surface area contributed by atoms with Gasteiger partial charge in [-0.1, -0.05) is 13.3 Å². The van der Waals surface area contributed by atoms with Gasteiger partial charge in [-0.3, -0.25) is 0 Å².